The van der Waals surface area contributed by atoms with E-state index in [-0.39, 0.29) is 0 Å². The van der Waals surface area contributed by atoms with E-state index in [0.717, 1.165) is 23.6 Å². The molecule has 120 valence electrons. The van der Waals surface area contributed by atoms with Gasteiger partial charge >= 0.3 is 0 Å². The standard InChI is InChI=1S/C16H16F2N4O/c1-11-9-19-10-14(20-11)21-5-7-22(8-6-21)16(23)15-12(17)3-2-4-13(15)18/h2-4,9-10H,5-8H2,1H3. The van der Waals surface area contributed by atoms with Crippen LogP contribution in [0.5, 0.6) is 0 Å². The van der Waals surface area contributed by atoms with Gasteiger partial charge < -0.3 is 9.80 Å². The highest BCUT2D eigenvalue weighted by atomic mass is 19.1. The van der Waals surface area contributed by atoms with Gasteiger partial charge in [0, 0.05) is 32.4 Å². The van der Waals surface area contributed by atoms with Gasteiger partial charge in [-0.05, 0) is 19.1 Å². The zero-order valence-electron chi connectivity index (χ0n) is 12.7. The molecule has 0 spiro atoms. The van der Waals surface area contributed by atoms with Gasteiger partial charge in [-0.3, -0.25) is 9.78 Å². The smallest absolute Gasteiger partial charge is 0.259 e. The highest BCUT2D eigenvalue weighted by Crippen LogP contribution is 2.18. The molecule has 2 heterocycles. The lowest BCUT2D eigenvalue weighted by molar-refractivity contribution is 0.0736. The Labute approximate surface area is 132 Å². The van der Waals surface area contributed by atoms with Crippen molar-refractivity contribution in [1.29, 1.82) is 0 Å². The average molecular weight is 318 g/mol. The van der Waals surface area contributed by atoms with Gasteiger partial charge in [-0.2, -0.15) is 0 Å². The van der Waals surface area contributed by atoms with Crippen LogP contribution < -0.4 is 4.90 Å². The molecule has 0 radical (unpaired) electrons. The molecule has 3 rings (SSSR count). The van der Waals surface area contributed by atoms with Crippen LogP contribution in [0.1, 0.15) is 16.1 Å². The van der Waals surface area contributed by atoms with Crippen molar-refractivity contribution in [3.63, 3.8) is 0 Å². The summed E-state index contributed by atoms with van der Waals surface area (Å²) in [5.41, 5.74) is 0.325. The van der Waals surface area contributed by atoms with E-state index in [0.29, 0.717) is 26.2 Å². The van der Waals surface area contributed by atoms with Gasteiger partial charge in [-0.25, -0.2) is 13.8 Å². The fourth-order valence-electron chi connectivity index (χ4n) is 2.60. The maximum absolute atomic E-state index is 13.7. The van der Waals surface area contributed by atoms with Crippen LogP contribution in [0.4, 0.5) is 14.6 Å². The summed E-state index contributed by atoms with van der Waals surface area (Å²) in [7, 11) is 0. The predicted octanol–water partition coefficient (Wildman–Crippen LogP) is 2.03. The van der Waals surface area contributed by atoms with E-state index in [1.54, 1.807) is 12.4 Å². The van der Waals surface area contributed by atoms with Crippen LogP contribution >= 0.6 is 0 Å². The molecule has 1 aliphatic heterocycles. The summed E-state index contributed by atoms with van der Waals surface area (Å²) in [5, 5.41) is 0. The normalized spacial score (nSPS) is 14.9. The predicted molar refractivity (Wildman–Crippen MR) is 81.2 cm³/mol. The number of aromatic nitrogens is 2. The van der Waals surface area contributed by atoms with E-state index >= 15 is 0 Å². The molecule has 23 heavy (non-hydrogen) atoms. The number of nitrogens with zero attached hydrogens (tertiary/aromatic N) is 4. The molecule has 0 unspecified atom stereocenters. The summed E-state index contributed by atoms with van der Waals surface area (Å²) in [6.45, 7) is 3.70. The van der Waals surface area contributed by atoms with Gasteiger partial charge in [0.05, 0.1) is 11.9 Å². The van der Waals surface area contributed by atoms with Gasteiger partial charge in [0.1, 0.15) is 23.0 Å². The van der Waals surface area contributed by atoms with Crippen LogP contribution in [0.2, 0.25) is 0 Å². The van der Waals surface area contributed by atoms with Crippen molar-refractivity contribution in [2.45, 2.75) is 6.92 Å². The summed E-state index contributed by atoms with van der Waals surface area (Å²) in [6.07, 6.45) is 3.34. The van der Waals surface area contributed by atoms with Gasteiger partial charge in [-0.1, -0.05) is 6.07 Å². The van der Waals surface area contributed by atoms with Crippen molar-refractivity contribution >= 4 is 11.7 Å². The van der Waals surface area contributed by atoms with Crippen LogP contribution in [-0.2, 0) is 0 Å². The number of hydrogen-bond donors (Lipinski definition) is 0. The second-order valence-corrected chi connectivity index (χ2v) is 5.39. The third kappa shape index (κ3) is 3.13. The van der Waals surface area contributed by atoms with Crippen LogP contribution in [0.25, 0.3) is 0 Å². The summed E-state index contributed by atoms with van der Waals surface area (Å²) in [4.78, 5) is 24.3. The molecule has 0 N–H and O–H groups in total. The average Bonchev–Trinajstić information content (AvgIpc) is 2.55. The van der Waals surface area contributed by atoms with Gasteiger partial charge in [-0.15, -0.1) is 0 Å². The summed E-state index contributed by atoms with van der Waals surface area (Å²) >= 11 is 0. The van der Waals surface area contributed by atoms with Gasteiger partial charge in [0.25, 0.3) is 5.91 Å². The molecular formula is C16H16F2N4O. The van der Waals surface area contributed by atoms with Crippen LogP contribution in [0.3, 0.4) is 0 Å². The molecule has 0 aliphatic carbocycles. The number of carbonyl (C=O) groups excluding carboxylic acids is 1. The number of halogens is 2. The SMILES string of the molecule is Cc1cncc(N2CCN(C(=O)c3c(F)cccc3F)CC2)n1. The first kappa shape index (κ1) is 15.3. The Morgan fingerprint density at radius 2 is 1.74 bits per heavy atom. The molecule has 1 aromatic heterocycles. The van der Waals surface area contributed by atoms with Crippen LogP contribution in [-0.4, -0.2) is 47.0 Å². The van der Waals surface area contributed by atoms with Crippen molar-refractivity contribution in [3.8, 4) is 0 Å². The lowest BCUT2D eigenvalue weighted by atomic mass is 10.1. The number of rotatable bonds is 2. The lowest BCUT2D eigenvalue weighted by Crippen LogP contribution is -2.49. The molecule has 0 saturated carbocycles. The highest BCUT2D eigenvalue weighted by molar-refractivity contribution is 5.95. The first-order valence-corrected chi connectivity index (χ1v) is 7.33. The van der Waals surface area contributed by atoms with Crippen LogP contribution in [0, 0.1) is 18.6 Å². The molecule has 1 amide bonds. The Kier molecular flexibility index (Phi) is 4.18. The topological polar surface area (TPSA) is 49.3 Å². The van der Waals surface area contributed by atoms with Crippen molar-refractivity contribution < 1.29 is 13.6 Å². The maximum atomic E-state index is 13.7. The minimum absolute atomic E-state index is 0.377. The van der Waals surface area contributed by atoms with Crippen molar-refractivity contribution in [3.05, 3.63) is 53.5 Å². The second kappa shape index (κ2) is 6.28. The lowest BCUT2D eigenvalue weighted by Gasteiger charge is -2.35. The highest BCUT2D eigenvalue weighted by Gasteiger charge is 2.26. The van der Waals surface area contributed by atoms with Crippen molar-refractivity contribution in [2.24, 2.45) is 0 Å². The number of amides is 1. The Hall–Kier alpha value is -2.57. The third-order valence-electron chi connectivity index (χ3n) is 3.81. The fraction of sp³-hybridized carbons (Fsp3) is 0.312. The Balaban J connectivity index is 1.70. The fourth-order valence-corrected chi connectivity index (χ4v) is 2.60. The monoisotopic (exact) mass is 318 g/mol. The second-order valence-electron chi connectivity index (χ2n) is 5.39. The van der Waals surface area contributed by atoms with E-state index in [9.17, 15) is 13.6 Å². The molecule has 7 heteroatoms. The maximum Gasteiger partial charge on any atom is 0.259 e. The molecule has 1 aromatic carbocycles. The molecule has 1 aliphatic rings. The Bertz CT molecular complexity index is 710. The number of aryl methyl sites for hydroxylation is 1. The van der Waals surface area contributed by atoms with Crippen molar-refractivity contribution in [2.75, 3.05) is 31.1 Å². The zero-order valence-corrected chi connectivity index (χ0v) is 12.7. The molecule has 0 atom stereocenters. The largest absolute Gasteiger partial charge is 0.352 e. The third-order valence-corrected chi connectivity index (χ3v) is 3.81. The zero-order chi connectivity index (χ0) is 16.4. The molecular weight excluding hydrogens is 302 g/mol. The van der Waals surface area contributed by atoms with E-state index < -0.39 is 23.1 Å². The van der Waals surface area contributed by atoms with Gasteiger partial charge in [0.2, 0.25) is 0 Å². The summed E-state index contributed by atoms with van der Waals surface area (Å²) in [5.74, 6) is -1.53. The van der Waals surface area contributed by atoms with E-state index in [4.69, 9.17) is 0 Å². The van der Waals surface area contributed by atoms with Crippen LogP contribution in [0.15, 0.2) is 30.6 Å². The quantitative estimate of drug-likeness (QED) is 0.850. The molecule has 0 bridgehead atoms. The number of anilines is 1. The van der Waals surface area contributed by atoms with Crippen molar-refractivity contribution in [1.82, 2.24) is 14.9 Å². The Morgan fingerprint density at radius 1 is 1.09 bits per heavy atom. The molecule has 5 nitrogen and oxygen atoms in total. The van der Waals surface area contributed by atoms with Gasteiger partial charge in [0.15, 0.2) is 0 Å². The number of benzene rings is 1. The minimum Gasteiger partial charge on any atom is -0.352 e. The number of piperazine rings is 1. The Morgan fingerprint density at radius 3 is 2.35 bits per heavy atom. The van der Waals surface area contributed by atoms with E-state index in [1.165, 1.54) is 11.0 Å². The number of carbonyl (C=O) groups is 1. The summed E-state index contributed by atoms with van der Waals surface area (Å²) < 4.78 is 27.5. The van der Waals surface area contributed by atoms with E-state index in [2.05, 4.69) is 9.97 Å². The minimum atomic E-state index is -0.831. The first-order chi connectivity index (χ1) is 11.1. The first-order valence-electron chi connectivity index (χ1n) is 7.33. The summed E-state index contributed by atoms with van der Waals surface area (Å²) in [6, 6.07) is 3.43. The van der Waals surface area contributed by atoms with E-state index in [1.807, 2.05) is 11.8 Å². The molecule has 1 fully saturated rings. The number of hydrogen-bond acceptors (Lipinski definition) is 4. The molecule has 2 aromatic rings. The molecule has 1 saturated heterocycles.